The van der Waals surface area contributed by atoms with Crippen molar-refractivity contribution in [1.29, 1.82) is 0 Å². The summed E-state index contributed by atoms with van der Waals surface area (Å²) in [5.41, 5.74) is 1.09. The number of benzene rings is 1. The lowest BCUT2D eigenvalue weighted by atomic mass is 10.2. The molecule has 0 fully saturated rings. The van der Waals surface area contributed by atoms with Gasteiger partial charge in [-0.2, -0.15) is 5.90 Å². The summed E-state index contributed by atoms with van der Waals surface area (Å²) in [5.74, 6) is 3.99. The van der Waals surface area contributed by atoms with Gasteiger partial charge in [-0.1, -0.05) is 12.1 Å². The summed E-state index contributed by atoms with van der Waals surface area (Å²) in [6.07, 6.45) is 2.70. The van der Waals surface area contributed by atoms with Crippen molar-refractivity contribution in [2.75, 3.05) is 0 Å². The first-order chi connectivity index (χ1) is 6.76. The molecule has 0 saturated carbocycles. The first-order valence-electron chi connectivity index (χ1n) is 3.78. The number of rotatable bonds is 3. The predicted octanol–water partition coefficient (Wildman–Crippen LogP) is 1.51. The van der Waals surface area contributed by atoms with Gasteiger partial charge < -0.3 is 4.84 Å². The Labute approximate surface area is 80.1 Å². The standard InChI is InChI=1S/C9H8N2O3/c10-14-9(12)6-3-7-1-4-8(11-13)5-2-7/h1-6H,10H2/b6-3+. The molecule has 0 bridgehead atoms. The molecule has 0 aliphatic carbocycles. The topological polar surface area (TPSA) is 81.8 Å². The smallest absolute Gasteiger partial charge is 0.349 e. The van der Waals surface area contributed by atoms with Gasteiger partial charge in [0.05, 0.1) is 0 Å². The highest BCUT2D eigenvalue weighted by Gasteiger charge is 1.93. The van der Waals surface area contributed by atoms with Crippen LogP contribution in [0.1, 0.15) is 5.56 Å². The number of nitrogens with two attached hydrogens (primary N) is 1. The Balaban J connectivity index is 2.73. The zero-order chi connectivity index (χ0) is 10.4. The van der Waals surface area contributed by atoms with Crippen molar-refractivity contribution >= 4 is 17.7 Å². The molecule has 2 N–H and O–H groups in total. The molecule has 0 amide bonds. The molecule has 1 rings (SSSR count). The molecular formula is C9H8N2O3. The summed E-state index contributed by atoms with van der Waals surface area (Å²) in [6.45, 7) is 0. The minimum Gasteiger partial charge on any atom is -0.370 e. The van der Waals surface area contributed by atoms with Crippen molar-refractivity contribution in [3.63, 3.8) is 0 Å². The lowest BCUT2D eigenvalue weighted by molar-refractivity contribution is -0.138. The molecule has 72 valence electrons. The monoisotopic (exact) mass is 192 g/mol. The average Bonchev–Trinajstić information content (AvgIpc) is 2.26. The molecule has 0 saturated heterocycles. The van der Waals surface area contributed by atoms with Crippen LogP contribution in [0.5, 0.6) is 0 Å². The Morgan fingerprint density at radius 2 is 2.00 bits per heavy atom. The normalized spacial score (nSPS) is 10.1. The average molecular weight is 192 g/mol. The van der Waals surface area contributed by atoms with Gasteiger partial charge in [-0.3, -0.25) is 0 Å². The number of hydrogen-bond acceptors (Lipinski definition) is 5. The van der Waals surface area contributed by atoms with Crippen LogP contribution >= 0.6 is 0 Å². The Kier molecular flexibility index (Phi) is 3.51. The van der Waals surface area contributed by atoms with E-state index in [4.69, 9.17) is 0 Å². The highest BCUT2D eigenvalue weighted by molar-refractivity contribution is 5.86. The quantitative estimate of drug-likeness (QED) is 0.447. The first-order valence-corrected chi connectivity index (χ1v) is 3.78. The SMILES string of the molecule is NOC(=O)/C=C/c1ccc(N=O)cc1. The molecule has 0 spiro atoms. The van der Waals surface area contributed by atoms with Crippen molar-refractivity contribution in [2.45, 2.75) is 0 Å². The van der Waals surface area contributed by atoms with Crippen LogP contribution in [-0.4, -0.2) is 5.97 Å². The maximum atomic E-state index is 10.6. The number of carbonyl (C=O) groups is 1. The van der Waals surface area contributed by atoms with Crippen LogP contribution in [0.4, 0.5) is 5.69 Å². The van der Waals surface area contributed by atoms with Crippen LogP contribution < -0.4 is 5.90 Å². The van der Waals surface area contributed by atoms with E-state index in [2.05, 4.69) is 15.9 Å². The van der Waals surface area contributed by atoms with Crippen molar-refractivity contribution in [1.82, 2.24) is 0 Å². The van der Waals surface area contributed by atoms with Crippen molar-refractivity contribution in [2.24, 2.45) is 11.1 Å². The summed E-state index contributed by atoms with van der Waals surface area (Å²) in [6, 6.07) is 6.38. The van der Waals surface area contributed by atoms with E-state index in [1.165, 1.54) is 12.2 Å². The van der Waals surface area contributed by atoms with Crippen LogP contribution in [0.2, 0.25) is 0 Å². The maximum Gasteiger partial charge on any atom is 0.349 e. The predicted molar refractivity (Wildman–Crippen MR) is 51.2 cm³/mol. The Morgan fingerprint density at radius 1 is 1.36 bits per heavy atom. The summed E-state index contributed by atoms with van der Waals surface area (Å²) in [7, 11) is 0. The fourth-order valence-corrected chi connectivity index (χ4v) is 0.850. The van der Waals surface area contributed by atoms with E-state index in [9.17, 15) is 9.70 Å². The molecule has 14 heavy (non-hydrogen) atoms. The van der Waals surface area contributed by atoms with Gasteiger partial charge in [0.15, 0.2) is 0 Å². The molecule has 1 aromatic carbocycles. The van der Waals surface area contributed by atoms with E-state index in [-0.39, 0.29) is 0 Å². The molecule has 0 aliphatic heterocycles. The van der Waals surface area contributed by atoms with Gasteiger partial charge in [0.25, 0.3) is 0 Å². The second kappa shape index (κ2) is 4.88. The molecule has 0 heterocycles. The van der Waals surface area contributed by atoms with Gasteiger partial charge in [-0.15, -0.1) is 4.91 Å². The summed E-state index contributed by atoms with van der Waals surface area (Å²) in [4.78, 5) is 24.6. The van der Waals surface area contributed by atoms with Crippen molar-refractivity contribution < 1.29 is 9.63 Å². The third-order valence-corrected chi connectivity index (χ3v) is 1.53. The fourth-order valence-electron chi connectivity index (χ4n) is 0.850. The molecular weight excluding hydrogens is 184 g/mol. The molecule has 5 heteroatoms. The molecule has 0 radical (unpaired) electrons. The molecule has 0 unspecified atom stereocenters. The molecule has 0 atom stereocenters. The van der Waals surface area contributed by atoms with E-state index >= 15 is 0 Å². The summed E-state index contributed by atoms with van der Waals surface area (Å²) >= 11 is 0. The van der Waals surface area contributed by atoms with Gasteiger partial charge in [-0.05, 0) is 28.9 Å². The minimum absolute atomic E-state index is 0.337. The van der Waals surface area contributed by atoms with Gasteiger partial charge in [0.1, 0.15) is 5.69 Å². The van der Waals surface area contributed by atoms with Gasteiger partial charge in [0.2, 0.25) is 0 Å². The van der Waals surface area contributed by atoms with Crippen LogP contribution in [0.15, 0.2) is 35.5 Å². The van der Waals surface area contributed by atoms with Crippen molar-refractivity contribution in [3.8, 4) is 0 Å². The zero-order valence-corrected chi connectivity index (χ0v) is 7.21. The second-order valence-electron chi connectivity index (χ2n) is 2.45. The zero-order valence-electron chi connectivity index (χ0n) is 7.21. The summed E-state index contributed by atoms with van der Waals surface area (Å²) in [5, 5.41) is 2.74. The van der Waals surface area contributed by atoms with Crippen LogP contribution in [-0.2, 0) is 9.63 Å². The van der Waals surface area contributed by atoms with E-state index in [0.717, 1.165) is 5.56 Å². The van der Waals surface area contributed by atoms with Gasteiger partial charge in [0, 0.05) is 6.08 Å². The van der Waals surface area contributed by atoms with E-state index in [1.807, 2.05) is 0 Å². The highest BCUT2D eigenvalue weighted by Crippen LogP contribution is 2.12. The number of hydrogen-bond donors (Lipinski definition) is 1. The molecule has 5 nitrogen and oxygen atoms in total. The Hall–Kier alpha value is -2.01. The first kappa shape index (κ1) is 10.1. The van der Waals surface area contributed by atoms with Gasteiger partial charge in [-0.25, -0.2) is 4.79 Å². The largest absolute Gasteiger partial charge is 0.370 e. The lowest BCUT2D eigenvalue weighted by Gasteiger charge is -1.92. The van der Waals surface area contributed by atoms with E-state index in [1.54, 1.807) is 24.3 Å². The maximum absolute atomic E-state index is 10.6. The highest BCUT2D eigenvalue weighted by atomic mass is 16.7. The molecule has 0 aliphatic rings. The van der Waals surface area contributed by atoms with Crippen molar-refractivity contribution in [3.05, 3.63) is 40.8 Å². The van der Waals surface area contributed by atoms with Crippen LogP contribution in [0, 0.1) is 4.91 Å². The molecule has 0 aromatic heterocycles. The molecule has 1 aromatic rings. The number of nitrogens with zero attached hydrogens (tertiary/aromatic N) is 1. The van der Waals surface area contributed by atoms with Crippen LogP contribution in [0.3, 0.4) is 0 Å². The minimum atomic E-state index is -0.636. The third kappa shape index (κ3) is 2.80. The Morgan fingerprint density at radius 3 is 2.50 bits per heavy atom. The lowest BCUT2D eigenvalue weighted by Crippen LogP contribution is -2.05. The van der Waals surface area contributed by atoms with E-state index < -0.39 is 5.97 Å². The second-order valence-corrected chi connectivity index (χ2v) is 2.45. The van der Waals surface area contributed by atoms with Crippen LogP contribution in [0.25, 0.3) is 6.08 Å². The Bertz CT molecular complexity index is 357. The van der Waals surface area contributed by atoms with Gasteiger partial charge >= 0.3 is 5.97 Å². The number of carbonyl (C=O) groups excluding carboxylic acids is 1. The fraction of sp³-hybridized carbons (Fsp3) is 0. The number of nitroso groups, excluding NO2 is 1. The summed E-state index contributed by atoms with van der Waals surface area (Å²) < 4.78 is 0. The van der Waals surface area contributed by atoms with E-state index in [0.29, 0.717) is 5.69 Å². The third-order valence-electron chi connectivity index (χ3n) is 1.53.